The Morgan fingerprint density at radius 1 is 1.60 bits per heavy atom. The molecule has 80 valence electrons. The molecule has 0 amide bonds. The lowest BCUT2D eigenvalue weighted by atomic mass is 10.3. The van der Waals surface area contributed by atoms with Crippen LogP contribution in [0.2, 0.25) is 0 Å². The highest BCUT2D eigenvalue weighted by Crippen LogP contribution is 2.21. The van der Waals surface area contributed by atoms with E-state index in [-0.39, 0.29) is 5.56 Å². The lowest BCUT2D eigenvalue weighted by Gasteiger charge is -1.95. The lowest BCUT2D eigenvalue weighted by Crippen LogP contribution is -2.10. The summed E-state index contributed by atoms with van der Waals surface area (Å²) in [5.41, 5.74) is -0.0592. The zero-order valence-electron chi connectivity index (χ0n) is 8.34. The van der Waals surface area contributed by atoms with E-state index in [1.807, 2.05) is 6.07 Å². The van der Waals surface area contributed by atoms with Crippen LogP contribution in [0.1, 0.15) is 17.6 Å². The van der Waals surface area contributed by atoms with Crippen LogP contribution in [-0.4, -0.2) is 15.8 Å². The normalized spacial score (nSPS) is 11.1. The van der Waals surface area contributed by atoms with E-state index >= 15 is 0 Å². The fourth-order valence-corrected chi connectivity index (χ4v) is 2.57. The van der Waals surface area contributed by atoms with Crippen LogP contribution in [0.3, 0.4) is 0 Å². The predicted octanol–water partition coefficient (Wildman–Crippen LogP) is 2.33. The molecule has 2 aromatic rings. The Kier molecular flexibility index (Phi) is 3.07. The van der Waals surface area contributed by atoms with Crippen molar-refractivity contribution in [2.45, 2.75) is 19.8 Å². The summed E-state index contributed by atoms with van der Waals surface area (Å²) in [6.45, 7) is 2.07. The van der Waals surface area contributed by atoms with Gasteiger partial charge in [-0.1, -0.05) is 6.92 Å². The SMILES string of the molecule is CCc1cc2c(=O)[nH]c(CCCl)nc2s1. The maximum Gasteiger partial charge on any atom is 0.259 e. The Morgan fingerprint density at radius 3 is 3.07 bits per heavy atom. The molecule has 0 aliphatic heterocycles. The van der Waals surface area contributed by atoms with E-state index in [2.05, 4.69) is 16.9 Å². The van der Waals surface area contributed by atoms with Gasteiger partial charge in [0.05, 0.1) is 5.39 Å². The first kappa shape index (κ1) is 10.6. The molecule has 0 unspecified atom stereocenters. The Labute approximate surface area is 96.1 Å². The van der Waals surface area contributed by atoms with E-state index in [1.165, 1.54) is 4.88 Å². The van der Waals surface area contributed by atoms with Crippen molar-refractivity contribution in [3.63, 3.8) is 0 Å². The summed E-state index contributed by atoms with van der Waals surface area (Å²) in [5.74, 6) is 1.15. The summed E-state index contributed by atoms with van der Waals surface area (Å²) in [7, 11) is 0. The Bertz CT molecular complexity index is 532. The number of fused-ring (bicyclic) bond motifs is 1. The van der Waals surface area contributed by atoms with Crippen molar-refractivity contribution in [1.29, 1.82) is 0 Å². The second-order valence-corrected chi connectivity index (χ2v) is 4.73. The number of thiophene rings is 1. The monoisotopic (exact) mass is 242 g/mol. The fourth-order valence-electron chi connectivity index (χ4n) is 1.41. The number of rotatable bonds is 3. The predicted molar refractivity (Wildman–Crippen MR) is 64.0 cm³/mol. The number of hydrogen-bond acceptors (Lipinski definition) is 3. The second-order valence-electron chi connectivity index (χ2n) is 3.24. The maximum atomic E-state index is 11.7. The standard InChI is InChI=1S/C10H11ClN2OS/c1-2-6-5-7-9(14)12-8(3-4-11)13-10(7)15-6/h5H,2-4H2,1H3,(H,12,13,14). The number of aromatic amines is 1. The van der Waals surface area contributed by atoms with Crippen molar-refractivity contribution in [2.24, 2.45) is 0 Å². The Hall–Kier alpha value is -0.870. The van der Waals surface area contributed by atoms with Crippen LogP contribution in [0, 0.1) is 0 Å². The van der Waals surface area contributed by atoms with Gasteiger partial charge in [-0.15, -0.1) is 22.9 Å². The Morgan fingerprint density at radius 2 is 2.40 bits per heavy atom. The summed E-state index contributed by atoms with van der Waals surface area (Å²) >= 11 is 7.19. The van der Waals surface area contributed by atoms with Gasteiger partial charge in [0.2, 0.25) is 0 Å². The van der Waals surface area contributed by atoms with E-state index in [0.717, 1.165) is 11.3 Å². The molecular formula is C10H11ClN2OS. The zero-order valence-corrected chi connectivity index (χ0v) is 9.91. The summed E-state index contributed by atoms with van der Waals surface area (Å²) in [6.07, 6.45) is 1.54. The molecule has 15 heavy (non-hydrogen) atoms. The van der Waals surface area contributed by atoms with Gasteiger partial charge >= 0.3 is 0 Å². The summed E-state index contributed by atoms with van der Waals surface area (Å²) in [4.78, 5) is 20.8. The molecule has 2 heterocycles. The molecule has 0 fully saturated rings. The highest BCUT2D eigenvalue weighted by Gasteiger charge is 2.07. The molecule has 1 N–H and O–H groups in total. The number of H-pyrrole nitrogens is 1. The van der Waals surface area contributed by atoms with Crippen molar-refractivity contribution in [2.75, 3.05) is 5.88 Å². The number of halogens is 1. The van der Waals surface area contributed by atoms with Crippen molar-refractivity contribution < 1.29 is 0 Å². The van der Waals surface area contributed by atoms with Crippen LogP contribution < -0.4 is 5.56 Å². The molecular weight excluding hydrogens is 232 g/mol. The summed E-state index contributed by atoms with van der Waals surface area (Å²) in [6, 6.07) is 1.91. The molecule has 0 spiro atoms. The second kappa shape index (κ2) is 4.33. The number of hydrogen-bond donors (Lipinski definition) is 1. The van der Waals surface area contributed by atoms with Crippen molar-refractivity contribution >= 4 is 33.2 Å². The zero-order chi connectivity index (χ0) is 10.8. The molecule has 3 nitrogen and oxygen atoms in total. The molecule has 2 aromatic heterocycles. The molecule has 0 saturated carbocycles. The van der Waals surface area contributed by atoms with Gasteiger partial charge in [-0.2, -0.15) is 0 Å². The van der Waals surface area contributed by atoms with Crippen molar-refractivity contribution in [1.82, 2.24) is 9.97 Å². The van der Waals surface area contributed by atoms with Crippen LogP contribution in [0.15, 0.2) is 10.9 Å². The van der Waals surface area contributed by atoms with Gasteiger partial charge < -0.3 is 4.98 Å². The Balaban J connectivity index is 2.60. The van der Waals surface area contributed by atoms with Gasteiger partial charge in [-0.05, 0) is 12.5 Å². The van der Waals surface area contributed by atoms with Crippen LogP contribution in [-0.2, 0) is 12.8 Å². The van der Waals surface area contributed by atoms with Crippen LogP contribution in [0.25, 0.3) is 10.2 Å². The molecule has 5 heteroatoms. The topological polar surface area (TPSA) is 45.8 Å². The molecule has 0 aromatic carbocycles. The van der Waals surface area contributed by atoms with Crippen LogP contribution in [0.4, 0.5) is 0 Å². The smallest absolute Gasteiger partial charge is 0.259 e. The van der Waals surface area contributed by atoms with Gasteiger partial charge in [0, 0.05) is 17.2 Å². The van der Waals surface area contributed by atoms with Gasteiger partial charge in [0.1, 0.15) is 10.7 Å². The lowest BCUT2D eigenvalue weighted by molar-refractivity contribution is 0.952. The largest absolute Gasteiger partial charge is 0.310 e. The number of aryl methyl sites for hydroxylation is 2. The molecule has 0 atom stereocenters. The van der Waals surface area contributed by atoms with Crippen molar-refractivity contribution in [3.05, 3.63) is 27.1 Å². The van der Waals surface area contributed by atoms with Gasteiger partial charge in [0.25, 0.3) is 5.56 Å². The van der Waals surface area contributed by atoms with E-state index in [0.29, 0.717) is 23.5 Å². The number of nitrogens with one attached hydrogen (secondary N) is 1. The third-order valence-electron chi connectivity index (χ3n) is 2.18. The molecule has 2 rings (SSSR count). The quantitative estimate of drug-likeness (QED) is 0.840. The molecule has 0 bridgehead atoms. The highest BCUT2D eigenvalue weighted by molar-refractivity contribution is 7.18. The molecule has 0 aliphatic rings. The van der Waals surface area contributed by atoms with E-state index in [1.54, 1.807) is 11.3 Å². The van der Waals surface area contributed by atoms with Crippen molar-refractivity contribution in [3.8, 4) is 0 Å². The minimum absolute atomic E-state index is 0.0592. The minimum Gasteiger partial charge on any atom is -0.310 e. The van der Waals surface area contributed by atoms with Crippen LogP contribution in [0.5, 0.6) is 0 Å². The molecule has 0 aliphatic carbocycles. The highest BCUT2D eigenvalue weighted by atomic mass is 35.5. The minimum atomic E-state index is -0.0592. The molecule has 0 radical (unpaired) electrons. The van der Waals surface area contributed by atoms with Gasteiger partial charge in [0.15, 0.2) is 0 Å². The summed E-state index contributed by atoms with van der Waals surface area (Å²) in [5, 5.41) is 0.690. The third-order valence-corrected chi connectivity index (χ3v) is 3.54. The van der Waals surface area contributed by atoms with E-state index in [9.17, 15) is 4.79 Å². The van der Waals surface area contributed by atoms with Crippen LogP contribution >= 0.6 is 22.9 Å². The average Bonchev–Trinajstić information content (AvgIpc) is 2.62. The first-order chi connectivity index (χ1) is 7.24. The van der Waals surface area contributed by atoms with Gasteiger partial charge in [-0.3, -0.25) is 4.79 Å². The maximum absolute atomic E-state index is 11.7. The number of aromatic nitrogens is 2. The van der Waals surface area contributed by atoms with Gasteiger partial charge in [-0.25, -0.2) is 4.98 Å². The van der Waals surface area contributed by atoms with E-state index in [4.69, 9.17) is 11.6 Å². The third kappa shape index (κ3) is 2.06. The van der Waals surface area contributed by atoms with E-state index < -0.39 is 0 Å². The first-order valence-electron chi connectivity index (χ1n) is 4.82. The summed E-state index contributed by atoms with van der Waals surface area (Å²) < 4.78 is 0. The first-order valence-corrected chi connectivity index (χ1v) is 6.17. The molecule has 0 saturated heterocycles. The number of nitrogens with zero attached hydrogens (tertiary/aromatic N) is 1. The number of alkyl halides is 1. The fraction of sp³-hybridized carbons (Fsp3) is 0.400. The average molecular weight is 243 g/mol.